The number of amides is 1. The van der Waals surface area contributed by atoms with Crippen LogP contribution >= 0.6 is 0 Å². The minimum absolute atomic E-state index is 0.0293. The summed E-state index contributed by atoms with van der Waals surface area (Å²) in [6.45, 7) is 3.85. The predicted molar refractivity (Wildman–Crippen MR) is 132 cm³/mol. The average Bonchev–Trinajstić information content (AvgIpc) is 2.84. The molecule has 32 heavy (non-hydrogen) atoms. The van der Waals surface area contributed by atoms with Gasteiger partial charge in [-0.25, -0.2) is 0 Å². The Kier molecular flexibility index (Phi) is 7.23. The molecule has 1 fully saturated rings. The molecule has 4 heteroatoms. The van der Waals surface area contributed by atoms with Crippen LogP contribution in [0.4, 0.5) is 5.69 Å². The van der Waals surface area contributed by atoms with Crippen molar-refractivity contribution in [3.05, 3.63) is 101 Å². The van der Waals surface area contributed by atoms with E-state index >= 15 is 0 Å². The Hall–Kier alpha value is -3.11. The van der Waals surface area contributed by atoms with Crippen LogP contribution in [0.5, 0.6) is 0 Å². The number of nitrogens with zero attached hydrogens (tertiary/aromatic N) is 2. The molecule has 0 unspecified atom stereocenters. The molecule has 1 amide bonds. The van der Waals surface area contributed by atoms with Gasteiger partial charge in [0.05, 0.1) is 0 Å². The summed E-state index contributed by atoms with van der Waals surface area (Å²) in [7, 11) is 4.15. The third-order valence-corrected chi connectivity index (χ3v) is 6.39. The lowest BCUT2D eigenvalue weighted by Gasteiger charge is -2.32. The largest absolute Gasteiger partial charge is 0.378 e. The molecule has 1 saturated heterocycles. The zero-order chi connectivity index (χ0) is 22.3. The van der Waals surface area contributed by atoms with Gasteiger partial charge in [-0.05, 0) is 72.8 Å². The van der Waals surface area contributed by atoms with Gasteiger partial charge in [-0.1, -0.05) is 54.6 Å². The van der Waals surface area contributed by atoms with Gasteiger partial charge in [0.2, 0.25) is 0 Å². The quantitative estimate of drug-likeness (QED) is 0.572. The fourth-order valence-electron chi connectivity index (χ4n) is 4.36. The standard InChI is InChI=1S/C28H33N3O/c1-30(2)27-14-10-23(11-15-27)21-31-18-16-25(17-19-31)24-12-8-22(9-13-24)20-29-28(32)26-6-4-3-5-7-26/h3-15,25H,16-21H2,1-2H3,(H,29,32). The van der Waals surface area contributed by atoms with E-state index < -0.39 is 0 Å². The van der Waals surface area contributed by atoms with Gasteiger partial charge in [0.1, 0.15) is 0 Å². The van der Waals surface area contributed by atoms with Crippen molar-refractivity contribution in [2.24, 2.45) is 0 Å². The Morgan fingerprint density at radius 1 is 0.875 bits per heavy atom. The Morgan fingerprint density at radius 2 is 1.50 bits per heavy atom. The van der Waals surface area contributed by atoms with Crippen molar-refractivity contribution in [3.63, 3.8) is 0 Å². The first-order chi connectivity index (χ1) is 15.6. The second kappa shape index (κ2) is 10.5. The normalized spacial score (nSPS) is 14.8. The fourth-order valence-corrected chi connectivity index (χ4v) is 4.36. The number of carbonyl (C=O) groups excluding carboxylic acids is 1. The Labute approximate surface area is 191 Å². The maximum absolute atomic E-state index is 12.2. The van der Waals surface area contributed by atoms with E-state index in [1.54, 1.807) is 0 Å². The highest BCUT2D eigenvalue weighted by Crippen LogP contribution is 2.29. The van der Waals surface area contributed by atoms with E-state index in [4.69, 9.17) is 0 Å². The summed E-state index contributed by atoms with van der Waals surface area (Å²) in [6.07, 6.45) is 2.39. The van der Waals surface area contributed by atoms with Crippen LogP contribution in [-0.2, 0) is 13.1 Å². The van der Waals surface area contributed by atoms with E-state index in [0.29, 0.717) is 18.0 Å². The van der Waals surface area contributed by atoms with Crippen LogP contribution < -0.4 is 10.2 Å². The lowest BCUT2D eigenvalue weighted by molar-refractivity contribution is 0.0951. The van der Waals surface area contributed by atoms with Crippen molar-refractivity contribution in [3.8, 4) is 0 Å². The summed E-state index contributed by atoms with van der Waals surface area (Å²) in [5.41, 5.74) is 5.88. The van der Waals surface area contributed by atoms with Gasteiger partial charge in [0.15, 0.2) is 0 Å². The zero-order valence-electron chi connectivity index (χ0n) is 19.1. The van der Waals surface area contributed by atoms with Crippen molar-refractivity contribution in [1.29, 1.82) is 0 Å². The lowest BCUT2D eigenvalue weighted by atomic mass is 9.89. The first kappa shape index (κ1) is 22.1. The average molecular weight is 428 g/mol. The number of hydrogen-bond donors (Lipinski definition) is 1. The first-order valence-electron chi connectivity index (χ1n) is 11.5. The molecular formula is C28H33N3O. The first-order valence-corrected chi connectivity index (χ1v) is 11.5. The second-order valence-electron chi connectivity index (χ2n) is 8.90. The molecule has 0 spiro atoms. The number of benzene rings is 3. The zero-order valence-corrected chi connectivity index (χ0v) is 19.1. The highest BCUT2D eigenvalue weighted by atomic mass is 16.1. The smallest absolute Gasteiger partial charge is 0.251 e. The molecule has 3 aromatic carbocycles. The van der Waals surface area contributed by atoms with Crippen molar-refractivity contribution >= 4 is 11.6 Å². The van der Waals surface area contributed by atoms with Gasteiger partial charge >= 0.3 is 0 Å². The van der Waals surface area contributed by atoms with Crippen LogP contribution in [-0.4, -0.2) is 38.0 Å². The molecule has 4 nitrogen and oxygen atoms in total. The van der Waals surface area contributed by atoms with Gasteiger partial charge in [-0.2, -0.15) is 0 Å². The molecule has 0 radical (unpaired) electrons. The lowest BCUT2D eigenvalue weighted by Crippen LogP contribution is -2.32. The SMILES string of the molecule is CN(C)c1ccc(CN2CCC(c3ccc(CNC(=O)c4ccccc4)cc3)CC2)cc1. The van der Waals surface area contributed by atoms with E-state index in [1.807, 2.05) is 30.3 Å². The fraction of sp³-hybridized carbons (Fsp3) is 0.321. The number of likely N-dealkylation sites (tertiary alicyclic amines) is 1. The van der Waals surface area contributed by atoms with Gasteiger partial charge in [0.25, 0.3) is 5.91 Å². The summed E-state index contributed by atoms with van der Waals surface area (Å²) in [5, 5.41) is 3.00. The molecule has 0 atom stereocenters. The monoisotopic (exact) mass is 427 g/mol. The van der Waals surface area contributed by atoms with Gasteiger partial charge in [-0.15, -0.1) is 0 Å². The van der Waals surface area contributed by atoms with Crippen molar-refractivity contribution in [2.75, 3.05) is 32.1 Å². The molecule has 0 aromatic heterocycles. The molecule has 1 aliphatic heterocycles. The minimum atomic E-state index is -0.0293. The van der Waals surface area contributed by atoms with Gasteiger partial charge in [-0.3, -0.25) is 9.69 Å². The number of hydrogen-bond acceptors (Lipinski definition) is 3. The third-order valence-electron chi connectivity index (χ3n) is 6.39. The number of anilines is 1. The summed E-state index contributed by atoms with van der Waals surface area (Å²) in [6, 6.07) is 27.0. The molecular weight excluding hydrogens is 394 g/mol. The molecule has 0 aliphatic carbocycles. The van der Waals surface area contributed by atoms with Crippen LogP contribution in [0, 0.1) is 0 Å². The van der Waals surface area contributed by atoms with Crippen molar-refractivity contribution < 1.29 is 4.79 Å². The van der Waals surface area contributed by atoms with E-state index in [9.17, 15) is 4.79 Å². The van der Waals surface area contributed by atoms with E-state index in [1.165, 1.54) is 29.7 Å². The van der Waals surface area contributed by atoms with Crippen LogP contribution in [0.3, 0.4) is 0 Å². The van der Waals surface area contributed by atoms with Gasteiger partial charge < -0.3 is 10.2 Å². The van der Waals surface area contributed by atoms with Crippen molar-refractivity contribution in [1.82, 2.24) is 10.2 Å². The maximum Gasteiger partial charge on any atom is 0.251 e. The number of carbonyl (C=O) groups is 1. The summed E-state index contributed by atoms with van der Waals surface area (Å²) in [4.78, 5) is 16.9. The van der Waals surface area contributed by atoms with Gasteiger partial charge in [0, 0.05) is 38.4 Å². The molecule has 3 aromatic rings. The predicted octanol–water partition coefficient (Wildman–Crippen LogP) is 5.06. The van der Waals surface area contributed by atoms with Crippen LogP contribution in [0.15, 0.2) is 78.9 Å². The van der Waals surface area contributed by atoms with Crippen molar-refractivity contribution in [2.45, 2.75) is 31.8 Å². The summed E-state index contributed by atoms with van der Waals surface area (Å²) >= 11 is 0. The van der Waals surface area contributed by atoms with Crippen LogP contribution in [0.25, 0.3) is 0 Å². The molecule has 4 rings (SSSR count). The minimum Gasteiger partial charge on any atom is -0.378 e. The molecule has 0 saturated carbocycles. The maximum atomic E-state index is 12.2. The van der Waals surface area contributed by atoms with E-state index in [2.05, 4.69) is 77.7 Å². The molecule has 1 aliphatic rings. The molecule has 1 heterocycles. The van der Waals surface area contributed by atoms with Crippen LogP contribution in [0.2, 0.25) is 0 Å². The van der Waals surface area contributed by atoms with Crippen LogP contribution in [0.1, 0.15) is 45.8 Å². The topological polar surface area (TPSA) is 35.6 Å². The summed E-state index contributed by atoms with van der Waals surface area (Å²) in [5.74, 6) is 0.591. The Morgan fingerprint density at radius 3 is 2.12 bits per heavy atom. The Balaban J connectivity index is 1.24. The molecule has 166 valence electrons. The molecule has 1 N–H and O–H groups in total. The van der Waals surface area contributed by atoms with E-state index in [0.717, 1.165) is 25.2 Å². The highest BCUT2D eigenvalue weighted by Gasteiger charge is 2.20. The number of piperidine rings is 1. The third kappa shape index (κ3) is 5.77. The second-order valence-corrected chi connectivity index (χ2v) is 8.90. The number of nitrogens with one attached hydrogen (secondary N) is 1. The Bertz CT molecular complexity index is 989. The summed E-state index contributed by atoms with van der Waals surface area (Å²) < 4.78 is 0. The highest BCUT2D eigenvalue weighted by molar-refractivity contribution is 5.94. The van der Waals surface area contributed by atoms with E-state index in [-0.39, 0.29) is 5.91 Å². The molecule has 0 bridgehead atoms. The number of rotatable bonds is 7.